The molecule has 0 aromatic heterocycles. The summed E-state index contributed by atoms with van der Waals surface area (Å²) in [6, 6.07) is 24.0. The molecule has 0 bridgehead atoms. The van der Waals surface area contributed by atoms with Crippen LogP contribution in [0.2, 0.25) is 0 Å². The summed E-state index contributed by atoms with van der Waals surface area (Å²) in [4.78, 5) is 0. The zero-order valence-electron chi connectivity index (χ0n) is 15.2. The van der Waals surface area contributed by atoms with Gasteiger partial charge in [-0.2, -0.15) is 0 Å². The molecule has 3 aromatic carbocycles. The fourth-order valence-electron chi connectivity index (χ4n) is 3.17. The molecule has 0 aliphatic rings. The Kier molecular flexibility index (Phi) is 5.92. The zero-order valence-corrected chi connectivity index (χ0v) is 15.2. The Balaban J connectivity index is 1.79. The van der Waals surface area contributed by atoms with E-state index in [2.05, 4.69) is 18.2 Å². The molecule has 0 aliphatic heterocycles. The topological polar surface area (TPSA) is 38.7 Å². The molecule has 0 radical (unpaired) electrons. The van der Waals surface area contributed by atoms with Gasteiger partial charge in [-0.1, -0.05) is 60.7 Å². The molecule has 0 amide bonds. The third-order valence-electron chi connectivity index (χ3n) is 4.59. The Hall–Kier alpha value is -2.78. The Morgan fingerprint density at radius 2 is 1.58 bits per heavy atom. The summed E-state index contributed by atoms with van der Waals surface area (Å²) < 4.78 is 10.7. The van der Waals surface area contributed by atoms with Gasteiger partial charge in [-0.25, -0.2) is 0 Å². The highest BCUT2D eigenvalue weighted by atomic mass is 16.5. The first-order valence-corrected chi connectivity index (χ1v) is 8.76. The fraction of sp³-hybridized carbons (Fsp3) is 0.217. The van der Waals surface area contributed by atoms with Gasteiger partial charge in [0.1, 0.15) is 11.5 Å². The summed E-state index contributed by atoms with van der Waals surface area (Å²) in [5, 5.41) is 10.8. The molecule has 1 N–H and O–H groups in total. The molecule has 3 rings (SSSR count). The number of methoxy groups -OCH3 is 2. The molecule has 1 unspecified atom stereocenters. The Morgan fingerprint density at radius 3 is 2.31 bits per heavy atom. The molecule has 0 saturated carbocycles. The lowest BCUT2D eigenvalue weighted by Crippen LogP contribution is -2.03. The van der Waals surface area contributed by atoms with Crippen molar-refractivity contribution in [3.8, 4) is 22.6 Å². The second kappa shape index (κ2) is 8.54. The quantitative estimate of drug-likeness (QED) is 0.650. The molecule has 26 heavy (non-hydrogen) atoms. The minimum absolute atomic E-state index is 0.543. The number of hydrogen-bond donors (Lipinski definition) is 1. The van der Waals surface area contributed by atoms with Crippen LogP contribution in [0.5, 0.6) is 11.5 Å². The molecule has 0 fully saturated rings. The van der Waals surface area contributed by atoms with Crippen LogP contribution in [-0.4, -0.2) is 19.3 Å². The lowest BCUT2D eigenvalue weighted by Gasteiger charge is -2.17. The first-order valence-electron chi connectivity index (χ1n) is 8.76. The van der Waals surface area contributed by atoms with Crippen molar-refractivity contribution in [3.05, 3.63) is 83.9 Å². The number of aliphatic hydroxyl groups excluding tert-OH is 1. The van der Waals surface area contributed by atoms with Crippen LogP contribution in [-0.2, 0) is 6.42 Å². The van der Waals surface area contributed by atoms with Gasteiger partial charge in [0.25, 0.3) is 0 Å². The lowest BCUT2D eigenvalue weighted by atomic mass is 9.93. The van der Waals surface area contributed by atoms with Crippen molar-refractivity contribution in [3.63, 3.8) is 0 Å². The summed E-state index contributed by atoms with van der Waals surface area (Å²) in [6.07, 6.45) is 0.794. The molecule has 134 valence electrons. The van der Waals surface area contributed by atoms with E-state index in [1.54, 1.807) is 14.2 Å². The maximum absolute atomic E-state index is 10.8. The predicted octanol–water partition coefficient (Wildman–Crippen LogP) is 5.04. The molecule has 0 saturated heterocycles. The first kappa shape index (κ1) is 18.0. The van der Waals surface area contributed by atoms with E-state index in [4.69, 9.17) is 9.47 Å². The van der Waals surface area contributed by atoms with Crippen LogP contribution in [0.4, 0.5) is 0 Å². The molecule has 0 heterocycles. The third-order valence-corrected chi connectivity index (χ3v) is 4.59. The van der Waals surface area contributed by atoms with Crippen LogP contribution in [0.3, 0.4) is 0 Å². The normalized spacial score (nSPS) is 11.8. The van der Waals surface area contributed by atoms with E-state index in [1.165, 1.54) is 0 Å². The van der Waals surface area contributed by atoms with Crippen LogP contribution in [0.1, 0.15) is 23.7 Å². The number of aliphatic hydroxyl groups is 1. The standard InChI is InChI=1S/C23H24O3/c1-25-19-14-12-18(23(16-19)26-2)13-15-22(24)21-11-7-6-10-20(21)17-8-4-3-5-9-17/h3-12,14,16,22,24H,13,15H2,1-2H3. The summed E-state index contributed by atoms with van der Waals surface area (Å²) in [6.45, 7) is 0. The second-order valence-corrected chi connectivity index (χ2v) is 6.19. The number of hydrogen-bond acceptors (Lipinski definition) is 3. The molecule has 0 spiro atoms. The van der Waals surface area contributed by atoms with Gasteiger partial charge < -0.3 is 14.6 Å². The van der Waals surface area contributed by atoms with E-state index in [9.17, 15) is 5.11 Å². The molecule has 3 aromatic rings. The zero-order chi connectivity index (χ0) is 18.4. The van der Waals surface area contributed by atoms with E-state index in [0.29, 0.717) is 6.42 Å². The highest BCUT2D eigenvalue weighted by Gasteiger charge is 2.15. The van der Waals surface area contributed by atoms with Gasteiger partial charge in [-0.05, 0) is 41.2 Å². The summed E-state index contributed by atoms with van der Waals surface area (Å²) in [5.74, 6) is 1.55. The van der Waals surface area contributed by atoms with Gasteiger partial charge in [0, 0.05) is 6.07 Å². The molecule has 3 heteroatoms. The highest BCUT2D eigenvalue weighted by molar-refractivity contribution is 5.67. The van der Waals surface area contributed by atoms with E-state index < -0.39 is 6.10 Å². The van der Waals surface area contributed by atoms with E-state index >= 15 is 0 Å². The van der Waals surface area contributed by atoms with Crippen molar-refractivity contribution in [2.24, 2.45) is 0 Å². The Labute approximate surface area is 154 Å². The maximum atomic E-state index is 10.8. The minimum atomic E-state index is -0.543. The average molecular weight is 348 g/mol. The van der Waals surface area contributed by atoms with Crippen LogP contribution in [0.15, 0.2) is 72.8 Å². The van der Waals surface area contributed by atoms with E-state index in [0.717, 1.165) is 40.2 Å². The van der Waals surface area contributed by atoms with Crippen molar-refractivity contribution < 1.29 is 14.6 Å². The molecular weight excluding hydrogens is 324 g/mol. The van der Waals surface area contributed by atoms with Crippen molar-refractivity contribution in [2.45, 2.75) is 18.9 Å². The van der Waals surface area contributed by atoms with Gasteiger partial charge in [0.2, 0.25) is 0 Å². The summed E-state index contributed by atoms with van der Waals surface area (Å²) in [7, 11) is 3.29. The van der Waals surface area contributed by atoms with Gasteiger partial charge in [0.05, 0.1) is 20.3 Å². The van der Waals surface area contributed by atoms with Crippen molar-refractivity contribution >= 4 is 0 Å². The number of benzene rings is 3. The lowest BCUT2D eigenvalue weighted by molar-refractivity contribution is 0.168. The van der Waals surface area contributed by atoms with Crippen LogP contribution in [0, 0.1) is 0 Å². The molecule has 0 aliphatic carbocycles. The van der Waals surface area contributed by atoms with Crippen LogP contribution in [0.25, 0.3) is 11.1 Å². The molecular formula is C23H24O3. The smallest absolute Gasteiger partial charge is 0.125 e. The van der Waals surface area contributed by atoms with Gasteiger partial charge in [0.15, 0.2) is 0 Å². The van der Waals surface area contributed by atoms with E-state index in [-0.39, 0.29) is 0 Å². The number of rotatable bonds is 7. The first-order chi connectivity index (χ1) is 12.7. The van der Waals surface area contributed by atoms with Crippen molar-refractivity contribution in [1.82, 2.24) is 0 Å². The highest BCUT2D eigenvalue weighted by Crippen LogP contribution is 2.32. The van der Waals surface area contributed by atoms with Gasteiger partial charge in [-0.15, -0.1) is 0 Å². The third kappa shape index (κ3) is 4.06. The van der Waals surface area contributed by atoms with Gasteiger partial charge in [-0.3, -0.25) is 0 Å². The Morgan fingerprint density at radius 1 is 0.846 bits per heavy atom. The molecule has 1 atom stereocenters. The number of ether oxygens (including phenoxy) is 2. The van der Waals surface area contributed by atoms with Crippen molar-refractivity contribution in [1.29, 1.82) is 0 Å². The summed E-state index contributed by atoms with van der Waals surface area (Å²) in [5.41, 5.74) is 4.20. The monoisotopic (exact) mass is 348 g/mol. The minimum Gasteiger partial charge on any atom is -0.497 e. The molecule has 3 nitrogen and oxygen atoms in total. The maximum Gasteiger partial charge on any atom is 0.125 e. The predicted molar refractivity (Wildman–Crippen MR) is 105 cm³/mol. The van der Waals surface area contributed by atoms with E-state index in [1.807, 2.05) is 54.6 Å². The van der Waals surface area contributed by atoms with Crippen LogP contribution < -0.4 is 9.47 Å². The SMILES string of the molecule is COc1ccc(CCC(O)c2ccccc2-c2ccccc2)c(OC)c1. The summed E-state index contributed by atoms with van der Waals surface area (Å²) >= 11 is 0. The van der Waals surface area contributed by atoms with Crippen molar-refractivity contribution in [2.75, 3.05) is 14.2 Å². The average Bonchev–Trinajstić information content (AvgIpc) is 2.72. The number of aryl methyl sites for hydroxylation is 1. The fourth-order valence-corrected chi connectivity index (χ4v) is 3.17. The second-order valence-electron chi connectivity index (χ2n) is 6.19. The Bertz CT molecular complexity index is 843. The van der Waals surface area contributed by atoms with Gasteiger partial charge >= 0.3 is 0 Å². The largest absolute Gasteiger partial charge is 0.497 e. The van der Waals surface area contributed by atoms with Crippen LogP contribution >= 0.6 is 0 Å².